The van der Waals surface area contributed by atoms with Crippen LogP contribution in [0.5, 0.6) is 0 Å². The van der Waals surface area contributed by atoms with Crippen LogP contribution in [0.1, 0.15) is 43.6 Å². The van der Waals surface area contributed by atoms with Crippen molar-refractivity contribution >= 4 is 5.78 Å². The third kappa shape index (κ3) is 2.55. The maximum atomic E-state index is 13.2. The number of benzene rings is 1. The molecule has 1 aromatic carbocycles. The lowest BCUT2D eigenvalue weighted by molar-refractivity contribution is 0.0733. The first-order chi connectivity index (χ1) is 7.57. The molecule has 17 heavy (non-hydrogen) atoms. The molecule has 0 saturated heterocycles. The second-order valence-corrected chi connectivity index (χ2v) is 5.64. The summed E-state index contributed by atoms with van der Waals surface area (Å²) >= 11 is 0. The Bertz CT molecular complexity index is 444. The van der Waals surface area contributed by atoms with Gasteiger partial charge in [0, 0.05) is 16.5 Å². The van der Waals surface area contributed by atoms with E-state index in [-0.39, 0.29) is 5.78 Å². The first-order valence-corrected chi connectivity index (χ1v) is 5.67. The van der Waals surface area contributed by atoms with Crippen molar-refractivity contribution in [1.29, 1.82) is 0 Å². The lowest BCUT2D eigenvalue weighted by atomic mass is 9.70. The molecule has 0 unspecified atom stereocenters. The van der Waals surface area contributed by atoms with E-state index in [4.69, 9.17) is 5.73 Å². The number of nitrogens with two attached hydrogens (primary N) is 1. The van der Waals surface area contributed by atoms with Gasteiger partial charge in [0.05, 0.1) is 0 Å². The zero-order valence-corrected chi connectivity index (χ0v) is 11.1. The second kappa shape index (κ2) is 4.22. The van der Waals surface area contributed by atoms with Crippen LogP contribution in [0.2, 0.25) is 0 Å². The van der Waals surface area contributed by atoms with Gasteiger partial charge in [0.1, 0.15) is 5.82 Å². The molecule has 0 atom stereocenters. The summed E-state index contributed by atoms with van der Waals surface area (Å²) in [5, 5.41) is 0. The Kier molecular flexibility index (Phi) is 3.44. The molecule has 0 heterocycles. The predicted molar refractivity (Wildman–Crippen MR) is 67.5 cm³/mol. The molecule has 1 aromatic rings. The van der Waals surface area contributed by atoms with Crippen molar-refractivity contribution in [2.75, 3.05) is 0 Å². The van der Waals surface area contributed by atoms with Crippen molar-refractivity contribution in [3.8, 4) is 0 Å². The van der Waals surface area contributed by atoms with E-state index in [9.17, 15) is 9.18 Å². The highest BCUT2D eigenvalue weighted by Gasteiger charge is 2.41. The fourth-order valence-corrected chi connectivity index (χ4v) is 1.47. The lowest BCUT2D eigenvalue weighted by Crippen LogP contribution is -2.52. The van der Waals surface area contributed by atoms with Gasteiger partial charge in [0.15, 0.2) is 5.78 Å². The Balaban J connectivity index is 3.26. The summed E-state index contributed by atoms with van der Waals surface area (Å²) in [6.07, 6.45) is 0. The molecule has 0 radical (unpaired) electrons. The molecule has 0 saturated carbocycles. The second-order valence-electron chi connectivity index (χ2n) is 5.64. The van der Waals surface area contributed by atoms with Gasteiger partial charge in [-0.25, -0.2) is 4.39 Å². The average molecular weight is 237 g/mol. The molecule has 0 bridgehead atoms. The monoisotopic (exact) mass is 237 g/mol. The normalized spacial score (nSPS) is 12.6. The first kappa shape index (κ1) is 13.8. The van der Waals surface area contributed by atoms with E-state index in [0.717, 1.165) is 5.56 Å². The zero-order chi connectivity index (χ0) is 13.4. The van der Waals surface area contributed by atoms with Gasteiger partial charge in [0.2, 0.25) is 0 Å². The van der Waals surface area contributed by atoms with Crippen molar-refractivity contribution in [2.45, 2.75) is 40.2 Å². The van der Waals surface area contributed by atoms with Crippen LogP contribution < -0.4 is 5.73 Å². The van der Waals surface area contributed by atoms with E-state index in [0.29, 0.717) is 5.56 Å². The lowest BCUT2D eigenvalue weighted by Gasteiger charge is -2.37. The van der Waals surface area contributed by atoms with Gasteiger partial charge in [-0.2, -0.15) is 0 Å². The summed E-state index contributed by atoms with van der Waals surface area (Å²) in [4.78, 5) is 12.4. The van der Waals surface area contributed by atoms with Crippen molar-refractivity contribution < 1.29 is 9.18 Å². The SMILES string of the molecule is Cc1ccc(F)cc1C(=O)C(C)(C)C(C)(C)N. The van der Waals surface area contributed by atoms with Gasteiger partial charge < -0.3 is 5.73 Å². The van der Waals surface area contributed by atoms with Gasteiger partial charge >= 0.3 is 0 Å². The van der Waals surface area contributed by atoms with Crippen molar-refractivity contribution in [2.24, 2.45) is 11.1 Å². The largest absolute Gasteiger partial charge is 0.325 e. The molecule has 1 rings (SSSR count). The van der Waals surface area contributed by atoms with E-state index in [2.05, 4.69) is 0 Å². The molecule has 3 heteroatoms. The van der Waals surface area contributed by atoms with Crippen molar-refractivity contribution in [3.63, 3.8) is 0 Å². The van der Waals surface area contributed by atoms with Gasteiger partial charge in [-0.15, -0.1) is 0 Å². The van der Waals surface area contributed by atoms with Gasteiger partial charge in [0.25, 0.3) is 0 Å². The van der Waals surface area contributed by atoms with Crippen LogP contribution in [0.15, 0.2) is 18.2 Å². The highest BCUT2D eigenvalue weighted by molar-refractivity contribution is 6.02. The molecule has 0 spiro atoms. The van der Waals surface area contributed by atoms with Crippen molar-refractivity contribution in [3.05, 3.63) is 35.1 Å². The van der Waals surface area contributed by atoms with E-state index in [1.807, 2.05) is 0 Å². The van der Waals surface area contributed by atoms with E-state index < -0.39 is 16.8 Å². The minimum Gasteiger partial charge on any atom is -0.325 e. The fourth-order valence-electron chi connectivity index (χ4n) is 1.47. The molecule has 2 nitrogen and oxygen atoms in total. The Morgan fingerprint density at radius 2 is 1.76 bits per heavy atom. The van der Waals surface area contributed by atoms with Gasteiger partial charge in [-0.3, -0.25) is 4.79 Å². The smallest absolute Gasteiger partial charge is 0.170 e. The summed E-state index contributed by atoms with van der Waals surface area (Å²) in [5.41, 5.74) is 5.80. The first-order valence-electron chi connectivity index (χ1n) is 5.67. The van der Waals surface area contributed by atoms with Crippen LogP contribution in [0.3, 0.4) is 0 Å². The highest BCUT2D eigenvalue weighted by Crippen LogP contribution is 2.33. The minimum absolute atomic E-state index is 0.123. The molecule has 0 aromatic heterocycles. The molecule has 0 aliphatic heterocycles. The van der Waals surface area contributed by atoms with Crippen molar-refractivity contribution in [1.82, 2.24) is 0 Å². The van der Waals surface area contributed by atoms with Crippen LogP contribution in [-0.2, 0) is 0 Å². The Morgan fingerprint density at radius 1 is 1.24 bits per heavy atom. The molecule has 0 amide bonds. The molecular weight excluding hydrogens is 217 g/mol. The molecule has 0 aliphatic carbocycles. The third-order valence-corrected chi connectivity index (χ3v) is 3.62. The quantitative estimate of drug-likeness (QED) is 0.821. The van der Waals surface area contributed by atoms with E-state index in [1.165, 1.54) is 12.1 Å². The molecule has 2 N–H and O–H groups in total. The molecular formula is C14H20FNO. The van der Waals surface area contributed by atoms with Gasteiger partial charge in [-0.1, -0.05) is 19.9 Å². The fraction of sp³-hybridized carbons (Fsp3) is 0.500. The number of carbonyl (C=O) groups is 1. The summed E-state index contributed by atoms with van der Waals surface area (Å²) in [6.45, 7) is 8.99. The third-order valence-electron chi connectivity index (χ3n) is 3.62. The number of aryl methyl sites for hydroxylation is 1. The number of halogens is 1. The van der Waals surface area contributed by atoms with E-state index >= 15 is 0 Å². The predicted octanol–water partition coefficient (Wildman–Crippen LogP) is 3.08. The number of hydrogen-bond acceptors (Lipinski definition) is 2. The Hall–Kier alpha value is -1.22. The molecule has 94 valence electrons. The van der Waals surface area contributed by atoms with Gasteiger partial charge in [-0.05, 0) is 38.5 Å². The van der Waals surface area contributed by atoms with Crippen LogP contribution in [-0.4, -0.2) is 11.3 Å². The van der Waals surface area contributed by atoms with E-state index in [1.54, 1.807) is 40.7 Å². The van der Waals surface area contributed by atoms with Crippen LogP contribution in [0.25, 0.3) is 0 Å². The topological polar surface area (TPSA) is 43.1 Å². The average Bonchev–Trinajstić information content (AvgIpc) is 2.19. The van der Waals surface area contributed by atoms with Crippen LogP contribution >= 0.6 is 0 Å². The maximum absolute atomic E-state index is 13.2. The zero-order valence-electron chi connectivity index (χ0n) is 11.1. The number of carbonyl (C=O) groups excluding carboxylic acids is 1. The van der Waals surface area contributed by atoms with Crippen LogP contribution in [0.4, 0.5) is 4.39 Å². The Labute approximate surface area is 102 Å². The van der Waals surface area contributed by atoms with Crippen LogP contribution in [0, 0.1) is 18.2 Å². The highest BCUT2D eigenvalue weighted by atomic mass is 19.1. The standard InChI is InChI=1S/C14H20FNO/c1-9-6-7-10(15)8-11(9)12(17)13(2,3)14(4,5)16/h6-8H,16H2,1-5H3. The summed E-state index contributed by atoms with van der Waals surface area (Å²) in [5.74, 6) is -0.522. The number of rotatable bonds is 3. The summed E-state index contributed by atoms with van der Waals surface area (Å²) in [7, 11) is 0. The number of Topliss-reactive ketones (excluding diaryl/α,β-unsaturated/α-hetero) is 1. The molecule has 0 fully saturated rings. The Morgan fingerprint density at radius 3 is 2.24 bits per heavy atom. The summed E-state index contributed by atoms with van der Waals surface area (Å²) < 4.78 is 13.2. The maximum Gasteiger partial charge on any atom is 0.170 e. The molecule has 0 aliphatic rings. The summed E-state index contributed by atoms with van der Waals surface area (Å²) in [6, 6.07) is 4.25. The number of ketones is 1. The minimum atomic E-state index is -0.744. The number of hydrogen-bond donors (Lipinski definition) is 1.